The van der Waals surface area contributed by atoms with Crippen molar-refractivity contribution in [2.24, 2.45) is 0 Å². The molecule has 0 N–H and O–H groups in total. The number of rotatable bonds is 4. The van der Waals surface area contributed by atoms with Crippen LogP contribution in [0.25, 0.3) is 0 Å². The van der Waals surface area contributed by atoms with Crippen molar-refractivity contribution in [1.82, 2.24) is 0 Å². The molecule has 0 spiro atoms. The van der Waals surface area contributed by atoms with Crippen molar-refractivity contribution < 1.29 is 31.8 Å². The number of ether oxygens (including phenoxy) is 2. The summed E-state index contributed by atoms with van der Waals surface area (Å²) in [7, 11) is 0. The first-order chi connectivity index (χ1) is 8.04. The minimum absolute atomic E-state index is 0.0138. The molecule has 0 saturated heterocycles. The molecule has 92 valence electrons. The molecule has 0 aliphatic heterocycles. The number of esters is 1. The van der Waals surface area contributed by atoms with Crippen molar-refractivity contribution in [2.45, 2.75) is 0 Å². The Hall–Kier alpha value is -2.05. The molecule has 0 fully saturated rings. The number of hydrogen-bond acceptors (Lipinski definition) is 3. The van der Waals surface area contributed by atoms with Crippen molar-refractivity contribution in [3.63, 3.8) is 0 Å². The average Bonchev–Trinajstić information content (AvgIpc) is 2.30. The van der Waals surface area contributed by atoms with Crippen molar-refractivity contribution in [3.05, 3.63) is 41.9 Å². The quantitative estimate of drug-likeness (QED) is 0.467. The normalized spacial score (nSPS) is 9.65. The van der Waals surface area contributed by atoms with Crippen LogP contribution in [0.3, 0.4) is 0 Å². The van der Waals surface area contributed by atoms with Gasteiger partial charge in [-0.05, 0) is 24.3 Å². The molecule has 0 unspecified atom stereocenters. The van der Waals surface area contributed by atoms with Crippen LogP contribution in [-0.4, -0.2) is 12.8 Å². The van der Waals surface area contributed by atoms with E-state index in [2.05, 4.69) is 9.47 Å². The molecule has 0 radical (unpaired) electrons. The minimum atomic E-state index is -2.59. The van der Waals surface area contributed by atoms with Gasteiger partial charge in [0.2, 0.25) is 6.86 Å². The largest absolute Gasteiger partial charge is 0.430 e. The Balaban J connectivity index is 2.75. The molecule has 1 aromatic rings. The van der Waals surface area contributed by atoms with Gasteiger partial charge in [0, 0.05) is 0 Å². The monoisotopic (exact) mass is 250 g/mol. The Morgan fingerprint density at radius 2 is 1.71 bits per heavy atom. The minimum Gasteiger partial charge on any atom is -0.430 e. The summed E-state index contributed by atoms with van der Waals surface area (Å²) >= 11 is 0. The number of benzene rings is 1. The van der Waals surface area contributed by atoms with Crippen molar-refractivity contribution in [3.8, 4) is 5.75 Å². The van der Waals surface area contributed by atoms with Crippen LogP contribution in [0.2, 0.25) is 0 Å². The van der Waals surface area contributed by atoms with Crippen LogP contribution in [0.1, 0.15) is 10.4 Å². The van der Waals surface area contributed by atoms with E-state index < -0.39 is 24.9 Å². The van der Waals surface area contributed by atoms with Gasteiger partial charge in [-0.2, -0.15) is 13.2 Å². The summed E-state index contributed by atoms with van der Waals surface area (Å²) in [5.74, 6) is -1.15. The second-order valence-electron chi connectivity index (χ2n) is 2.70. The maximum atomic E-state index is 12.4. The third-order valence-corrected chi connectivity index (χ3v) is 1.63. The van der Waals surface area contributed by atoms with E-state index in [4.69, 9.17) is 0 Å². The Labute approximate surface area is 93.3 Å². The van der Waals surface area contributed by atoms with Crippen molar-refractivity contribution in [2.75, 3.05) is 6.86 Å². The van der Waals surface area contributed by atoms with Crippen molar-refractivity contribution in [1.29, 1.82) is 0 Å². The zero-order valence-electron chi connectivity index (χ0n) is 8.25. The van der Waals surface area contributed by atoms with Crippen LogP contribution in [0.4, 0.5) is 17.6 Å². The molecule has 0 aliphatic rings. The second kappa shape index (κ2) is 5.88. The molecule has 1 aromatic carbocycles. The van der Waals surface area contributed by atoms with Gasteiger partial charge in [0.1, 0.15) is 5.75 Å². The maximum Gasteiger partial charge on any atom is 0.344 e. The van der Waals surface area contributed by atoms with E-state index in [-0.39, 0.29) is 11.3 Å². The molecule has 0 aromatic heterocycles. The Morgan fingerprint density at radius 1 is 1.12 bits per heavy atom. The van der Waals surface area contributed by atoms with Gasteiger partial charge in [0.15, 0.2) is 0 Å². The summed E-state index contributed by atoms with van der Waals surface area (Å²) < 4.78 is 55.5. The fourth-order valence-corrected chi connectivity index (χ4v) is 0.934. The van der Waals surface area contributed by atoms with Gasteiger partial charge < -0.3 is 9.47 Å². The Morgan fingerprint density at radius 3 is 2.18 bits per heavy atom. The van der Waals surface area contributed by atoms with Gasteiger partial charge in [0.25, 0.3) is 0 Å². The van der Waals surface area contributed by atoms with E-state index in [0.717, 1.165) is 24.3 Å². The van der Waals surface area contributed by atoms with E-state index in [1.165, 1.54) is 0 Å². The predicted molar refractivity (Wildman–Crippen MR) is 48.8 cm³/mol. The number of hydrogen-bond donors (Lipinski definition) is 0. The van der Waals surface area contributed by atoms with Crippen LogP contribution < -0.4 is 4.74 Å². The summed E-state index contributed by atoms with van der Waals surface area (Å²) in [6, 6.07) is 2.35. The van der Waals surface area contributed by atoms with Gasteiger partial charge in [-0.15, -0.1) is 0 Å². The lowest BCUT2D eigenvalue weighted by Crippen LogP contribution is -2.03. The van der Waals surface area contributed by atoms with Crippen LogP contribution in [0, 0.1) is 0 Å². The van der Waals surface area contributed by atoms with Gasteiger partial charge >= 0.3 is 18.1 Å². The van der Waals surface area contributed by atoms with Gasteiger partial charge in [-0.1, -0.05) is 0 Å². The van der Waals surface area contributed by atoms with Gasteiger partial charge in [-0.3, -0.25) is 0 Å². The lowest BCUT2D eigenvalue weighted by Gasteiger charge is -2.03. The topological polar surface area (TPSA) is 35.5 Å². The number of halogens is 4. The molecule has 0 aliphatic carbocycles. The number of carbonyl (C=O) groups is 1. The van der Waals surface area contributed by atoms with Gasteiger partial charge in [0.05, 0.1) is 5.56 Å². The molecule has 0 heterocycles. The number of carbonyl (C=O) groups excluding carboxylic acids is 1. The van der Waals surface area contributed by atoms with Crippen LogP contribution in [0.15, 0.2) is 36.4 Å². The molecule has 1 rings (SSSR count). The first kappa shape index (κ1) is 13.0. The summed E-state index contributed by atoms with van der Waals surface area (Å²) in [6.45, 7) is -1.28. The lowest BCUT2D eigenvalue weighted by molar-refractivity contribution is 0.0324. The molecular weight excluding hydrogens is 244 g/mol. The summed E-state index contributed by atoms with van der Waals surface area (Å²) in [5, 5.41) is 0. The third-order valence-electron chi connectivity index (χ3n) is 1.63. The smallest absolute Gasteiger partial charge is 0.344 e. The highest BCUT2D eigenvalue weighted by molar-refractivity contribution is 5.89. The molecule has 0 amide bonds. The lowest BCUT2D eigenvalue weighted by atomic mass is 10.2. The van der Waals surface area contributed by atoms with E-state index in [0.29, 0.717) is 0 Å². The SMILES string of the molecule is O=C(OCF)c1ccc(OC(F)=C(F)F)cc1. The summed E-state index contributed by atoms with van der Waals surface area (Å²) in [5.41, 5.74) is -0.0138. The number of alkyl halides is 1. The average molecular weight is 250 g/mol. The fraction of sp³-hybridized carbons (Fsp3) is 0.100. The molecule has 3 nitrogen and oxygen atoms in total. The van der Waals surface area contributed by atoms with E-state index in [1.54, 1.807) is 0 Å². The molecule has 0 atom stereocenters. The van der Waals surface area contributed by atoms with E-state index in [1.807, 2.05) is 0 Å². The maximum absolute atomic E-state index is 12.4. The molecule has 17 heavy (non-hydrogen) atoms. The van der Waals surface area contributed by atoms with Gasteiger partial charge in [-0.25, -0.2) is 9.18 Å². The third kappa shape index (κ3) is 3.78. The van der Waals surface area contributed by atoms with Crippen LogP contribution >= 0.6 is 0 Å². The Bertz CT molecular complexity index is 424. The molecule has 0 saturated carbocycles. The highest BCUT2D eigenvalue weighted by atomic mass is 19.3. The zero-order chi connectivity index (χ0) is 12.8. The molecule has 0 bridgehead atoms. The second-order valence-corrected chi connectivity index (χ2v) is 2.70. The van der Waals surface area contributed by atoms with Crippen molar-refractivity contribution >= 4 is 5.97 Å². The first-order valence-electron chi connectivity index (χ1n) is 4.26. The van der Waals surface area contributed by atoms with E-state index in [9.17, 15) is 22.4 Å². The summed E-state index contributed by atoms with van der Waals surface area (Å²) in [6.07, 6.45) is -2.59. The molecular formula is C10H6F4O3. The first-order valence-corrected chi connectivity index (χ1v) is 4.26. The van der Waals surface area contributed by atoms with Crippen LogP contribution in [0.5, 0.6) is 5.75 Å². The summed E-state index contributed by atoms with van der Waals surface area (Å²) in [4.78, 5) is 11.0. The fourth-order valence-electron chi connectivity index (χ4n) is 0.934. The zero-order valence-corrected chi connectivity index (χ0v) is 8.25. The highest BCUT2D eigenvalue weighted by Crippen LogP contribution is 2.19. The molecule has 7 heteroatoms. The predicted octanol–water partition coefficient (Wildman–Crippen LogP) is 3.18. The Kier molecular flexibility index (Phi) is 4.50. The standard InChI is InChI=1S/C10H6F4O3/c11-5-16-10(15)6-1-3-7(4-2-6)17-9(14)8(12)13/h1-4H,5H2. The van der Waals surface area contributed by atoms with E-state index >= 15 is 0 Å². The van der Waals surface area contributed by atoms with Crippen LogP contribution in [-0.2, 0) is 4.74 Å². The highest BCUT2D eigenvalue weighted by Gasteiger charge is 2.10.